The van der Waals surface area contributed by atoms with Gasteiger partial charge < -0.3 is 15.3 Å². The molecule has 1 amide bonds. The van der Waals surface area contributed by atoms with Crippen LogP contribution in [-0.4, -0.2) is 46.6 Å². The summed E-state index contributed by atoms with van der Waals surface area (Å²) in [5.41, 5.74) is -0.459. The van der Waals surface area contributed by atoms with Gasteiger partial charge in [0.2, 0.25) is 0 Å². The number of likely N-dealkylation sites (N-methyl/N-ethyl adjacent to an activating group) is 1. The molecule has 0 fully saturated rings. The van der Waals surface area contributed by atoms with E-state index >= 15 is 0 Å². The van der Waals surface area contributed by atoms with Crippen LogP contribution in [0.1, 0.15) is 31.1 Å². The number of hydrogen-bond acceptors (Lipinski definition) is 5. The van der Waals surface area contributed by atoms with Gasteiger partial charge >= 0.3 is 0 Å². The molecule has 2 N–H and O–H groups in total. The monoisotopic (exact) mass is 295 g/mol. The van der Waals surface area contributed by atoms with Crippen molar-refractivity contribution < 1.29 is 14.8 Å². The van der Waals surface area contributed by atoms with Crippen LogP contribution in [0.3, 0.4) is 0 Å². The average molecular weight is 295 g/mol. The molecule has 1 aromatic carbocycles. The van der Waals surface area contributed by atoms with Crippen molar-refractivity contribution in [2.24, 2.45) is 0 Å². The van der Waals surface area contributed by atoms with E-state index in [1.807, 2.05) is 6.92 Å². The van der Waals surface area contributed by atoms with Gasteiger partial charge in [-0.05, 0) is 32.9 Å². The van der Waals surface area contributed by atoms with Crippen LogP contribution in [0.15, 0.2) is 18.2 Å². The van der Waals surface area contributed by atoms with Crippen molar-refractivity contribution in [3.8, 4) is 0 Å². The molecule has 0 atom stereocenters. The number of rotatable bonds is 6. The first kappa shape index (κ1) is 16.9. The quantitative estimate of drug-likeness (QED) is 0.617. The Hall–Kier alpha value is -2.15. The van der Waals surface area contributed by atoms with E-state index in [1.54, 1.807) is 20.9 Å². The Morgan fingerprint density at radius 3 is 2.52 bits per heavy atom. The molecule has 0 saturated carbocycles. The van der Waals surface area contributed by atoms with Crippen LogP contribution >= 0.6 is 0 Å². The molecule has 21 heavy (non-hydrogen) atoms. The first-order valence-electron chi connectivity index (χ1n) is 6.67. The minimum Gasteiger partial charge on any atom is -0.389 e. The Bertz CT molecular complexity index is 538. The lowest BCUT2D eigenvalue weighted by molar-refractivity contribution is -0.383. The largest absolute Gasteiger partial charge is 0.389 e. The van der Waals surface area contributed by atoms with Gasteiger partial charge in [0.1, 0.15) is 5.69 Å². The highest BCUT2D eigenvalue weighted by molar-refractivity contribution is 5.96. The number of amides is 1. The second kappa shape index (κ2) is 6.53. The maximum atomic E-state index is 12.4. The third-order valence-electron chi connectivity index (χ3n) is 2.96. The highest BCUT2D eigenvalue weighted by atomic mass is 16.6. The highest BCUT2D eigenvalue weighted by Crippen LogP contribution is 2.25. The fourth-order valence-corrected chi connectivity index (χ4v) is 2.01. The van der Waals surface area contributed by atoms with Gasteiger partial charge in [-0.2, -0.15) is 0 Å². The molecule has 0 aliphatic carbocycles. The van der Waals surface area contributed by atoms with Crippen LogP contribution in [0.5, 0.6) is 0 Å². The molecular formula is C14H21N3O4. The Labute approximate surface area is 123 Å². The zero-order valence-electron chi connectivity index (χ0n) is 12.7. The summed E-state index contributed by atoms with van der Waals surface area (Å²) in [6.07, 6.45) is 0. The lowest BCUT2D eigenvalue weighted by Crippen LogP contribution is -2.42. The van der Waals surface area contributed by atoms with Gasteiger partial charge in [-0.3, -0.25) is 14.9 Å². The normalized spacial score (nSPS) is 11.1. The van der Waals surface area contributed by atoms with Gasteiger partial charge in [-0.15, -0.1) is 0 Å². The summed E-state index contributed by atoms with van der Waals surface area (Å²) in [7, 11) is 1.56. The third-order valence-corrected chi connectivity index (χ3v) is 2.96. The number of aliphatic hydroxyl groups is 1. The van der Waals surface area contributed by atoms with Gasteiger partial charge in [0.25, 0.3) is 11.6 Å². The standard InChI is InChI=1S/C14H21N3O4/c1-5-16(9-14(2,3)19)13(18)10-6-7-12(17(20)21)11(8-10)15-4/h6-8,15,19H,5,9H2,1-4H3. The van der Waals surface area contributed by atoms with E-state index < -0.39 is 10.5 Å². The van der Waals surface area contributed by atoms with Crippen molar-refractivity contribution in [2.45, 2.75) is 26.4 Å². The maximum absolute atomic E-state index is 12.4. The number of nitro groups is 1. The van der Waals surface area contributed by atoms with Gasteiger partial charge in [-0.25, -0.2) is 0 Å². The molecule has 0 spiro atoms. The molecule has 0 aliphatic heterocycles. The first-order chi connectivity index (χ1) is 9.69. The van der Waals surface area contributed by atoms with Crippen LogP contribution in [0.25, 0.3) is 0 Å². The van der Waals surface area contributed by atoms with Gasteiger partial charge in [-0.1, -0.05) is 0 Å². The van der Waals surface area contributed by atoms with Gasteiger partial charge in [0.15, 0.2) is 0 Å². The van der Waals surface area contributed by atoms with E-state index in [9.17, 15) is 20.0 Å². The maximum Gasteiger partial charge on any atom is 0.292 e. The minimum absolute atomic E-state index is 0.0837. The van der Waals surface area contributed by atoms with E-state index in [0.717, 1.165) is 0 Å². The van der Waals surface area contributed by atoms with Crippen molar-refractivity contribution in [3.05, 3.63) is 33.9 Å². The van der Waals surface area contributed by atoms with E-state index in [1.165, 1.54) is 23.1 Å². The van der Waals surface area contributed by atoms with Crippen molar-refractivity contribution in [1.82, 2.24) is 4.90 Å². The van der Waals surface area contributed by atoms with Gasteiger partial charge in [0, 0.05) is 31.8 Å². The number of nitrogens with one attached hydrogen (secondary N) is 1. The summed E-state index contributed by atoms with van der Waals surface area (Å²) in [5, 5.41) is 23.4. The van der Waals surface area contributed by atoms with Gasteiger partial charge in [0.05, 0.1) is 10.5 Å². The van der Waals surface area contributed by atoms with Crippen LogP contribution in [0.4, 0.5) is 11.4 Å². The topological polar surface area (TPSA) is 95.7 Å². The second-order valence-electron chi connectivity index (χ2n) is 5.37. The summed E-state index contributed by atoms with van der Waals surface area (Å²) in [5.74, 6) is -0.272. The molecule has 1 aromatic rings. The zero-order valence-corrected chi connectivity index (χ0v) is 12.7. The summed E-state index contributed by atoms with van der Waals surface area (Å²) < 4.78 is 0. The fourth-order valence-electron chi connectivity index (χ4n) is 2.01. The molecule has 0 bridgehead atoms. The first-order valence-corrected chi connectivity index (χ1v) is 6.67. The number of benzene rings is 1. The van der Waals surface area contributed by atoms with Crippen molar-refractivity contribution >= 4 is 17.3 Å². The number of nitrogens with zero attached hydrogens (tertiary/aromatic N) is 2. The molecule has 0 saturated heterocycles. The van der Waals surface area contributed by atoms with Crippen LogP contribution in [-0.2, 0) is 0 Å². The summed E-state index contributed by atoms with van der Waals surface area (Å²) in [4.78, 5) is 24.3. The number of hydrogen-bond donors (Lipinski definition) is 2. The van der Waals surface area contributed by atoms with Crippen molar-refractivity contribution in [2.75, 3.05) is 25.5 Å². The predicted octanol–water partition coefficient (Wildman–Crippen LogP) is 1.87. The Morgan fingerprint density at radius 1 is 1.48 bits per heavy atom. The van der Waals surface area contributed by atoms with Crippen molar-refractivity contribution in [1.29, 1.82) is 0 Å². The molecule has 0 unspecified atom stereocenters. The number of carbonyl (C=O) groups is 1. The van der Waals surface area contributed by atoms with Crippen molar-refractivity contribution in [3.63, 3.8) is 0 Å². The molecule has 0 heterocycles. The summed E-state index contributed by atoms with van der Waals surface area (Å²) in [6, 6.07) is 4.18. The summed E-state index contributed by atoms with van der Waals surface area (Å²) >= 11 is 0. The third kappa shape index (κ3) is 4.42. The lowest BCUT2D eigenvalue weighted by atomic mass is 10.1. The molecule has 1 rings (SSSR count). The second-order valence-corrected chi connectivity index (χ2v) is 5.37. The number of anilines is 1. The van der Waals surface area contributed by atoms with Crippen LogP contribution < -0.4 is 5.32 Å². The lowest BCUT2D eigenvalue weighted by Gasteiger charge is -2.28. The SMILES string of the molecule is CCN(CC(C)(C)O)C(=O)c1ccc([N+](=O)[O-])c(NC)c1. The molecule has 0 aromatic heterocycles. The number of nitro benzene ring substituents is 1. The fraction of sp³-hybridized carbons (Fsp3) is 0.500. The molecule has 116 valence electrons. The number of carbonyl (C=O) groups excluding carboxylic acids is 1. The summed E-state index contributed by atoms with van der Waals surface area (Å²) in [6.45, 7) is 5.69. The molecule has 0 aliphatic rings. The Morgan fingerprint density at radius 2 is 2.10 bits per heavy atom. The van der Waals surface area contributed by atoms with E-state index in [0.29, 0.717) is 12.1 Å². The van der Waals surface area contributed by atoms with E-state index in [4.69, 9.17) is 0 Å². The predicted molar refractivity (Wildman–Crippen MR) is 80.5 cm³/mol. The Balaban J connectivity index is 3.09. The Kier molecular flexibility index (Phi) is 5.26. The van der Waals surface area contributed by atoms with E-state index in [2.05, 4.69) is 5.32 Å². The average Bonchev–Trinajstić information content (AvgIpc) is 2.42. The zero-order chi connectivity index (χ0) is 16.2. The highest BCUT2D eigenvalue weighted by Gasteiger charge is 2.23. The van der Waals surface area contributed by atoms with E-state index in [-0.39, 0.29) is 23.8 Å². The smallest absolute Gasteiger partial charge is 0.292 e. The van der Waals surface area contributed by atoms with Crippen LogP contribution in [0.2, 0.25) is 0 Å². The van der Waals surface area contributed by atoms with Crippen LogP contribution in [0, 0.1) is 10.1 Å². The molecule has 7 heteroatoms. The molecule has 7 nitrogen and oxygen atoms in total. The molecular weight excluding hydrogens is 274 g/mol. The minimum atomic E-state index is -1.00. The molecule has 0 radical (unpaired) electrons.